The number of rotatable bonds is 6. The number of nitrogens with zero attached hydrogens (tertiary/aromatic N) is 3. The smallest absolute Gasteiger partial charge is 0.254 e. The highest BCUT2D eigenvalue weighted by Gasteiger charge is 2.27. The molecule has 1 aliphatic rings. The Morgan fingerprint density at radius 1 is 1.15 bits per heavy atom. The predicted molar refractivity (Wildman–Crippen MR) is 107 cm³/mol. The number of carbonyl (C=O) groups is 1. The molecule has 1 aromatic carbocycles. The van der Waals surface area contributed by atoms with Gasteiger partial charge < -0.3 is 9.64 Å². The number of aromatic nitrogens is 2. The molecule has 1 fully saturated rings. The first-order valence-electron chi connectivity index (χ1n) is 9.84. The molecule has 144 valence electrons. The first kappa shape index (κ1) is 19.5. The summed E-state index contributed by atoms with van der Waals surface area (Å²) >= 11 is 0. The molecule has 0 spiro atoms. The van der Waals surface area contributed by atoms with E-state index in [2.05, 4.69) is 24.0 Å². The van der Waals surface area contributed by atoms with Gasteiger partial charge >= 0.3 is 0 Å². The second-order valence-electron chi connectivity index (χ2n) is 7.51. The highest BCUT2D eigenvalue weighted by Crippen LogP contribution is 2.24. The van der Waals surface area contributed by atoms with Crippen LogP contribution < -0.4 is 0 Å². The van der Waals surface area contributed by atoms with E-state index in [0.717, 1.165) is 48.3 Å². The third-order valence-electron chi connectivity index (χ3n) is 5.25. The van der Waals surface area contributed by atoms with E-state index in [1.807, 2.05) is 41.3 Å². The zero-order valence-electron chi connectivity index (χ0n) is 16.5. The monoisotopic (exact) mass is 367 g/mol. The maximum atomic E-state index is 13.0. The van der Waals surface area contributed by atoms with Gasteiger partial charge in [-0.25, -0.2) is 0 Å². The standard InChI is InChI=1S/C22H29N3O2/c1-16(2)20-11-12-21(24-23-20)17-7-9-18(10-8-17)22(26)25-14-5-4-6-19(25)13-15-27-3/h7-12,16,19H,4-6,13-15H2,1-3H3/t19-/m0/s1. The van der Waals surface area contributed by atoms with Gasteiger partial charge in [-0.05, 0) is 55.9 Å². The number of piperidine rings is 1. The Balaban J connectivity index is 1.72. The molecule has 0 bridgehead atoms. The van der Waals surface area contributed by atoms with E-state index in [1.54, 1.807) is 7.11 Å². The molecule has 1 saturated heterocycles. The predicted octanol–water partition coefficient (Wildman–Crippen LogP) is 4.30. The van der Waals surface area contributed by atoms with Gasteiger partial charge in [0.05, 0.1) is 11.4 Å². The topological polar surface area (TPSA) is 55.3 Å². The molecule has 0 aliphatic carbocycles. The van der Waals surface area contributed by atoms with E-state index in [1.165, 1.54) is 6.42 Å². The van der Waals surface area contributed by atoms with E-state index >= 15 is 0 Å². The van der Waals surface area contributed by atoms with Gasteiger partial charge in [-0.15, -0.1) is 0 Å². The number of hydrogen-bond acceptors (Lipinski definition) is 4. The van der Waals surface area contributed by atoms with Crippen molar-refractivity contribution in [1.29, 1.82) is 0 Å². The molecule has 2 aromatic rings. The van der Waals surface area contributed by atoms with Crippen LogP contribution in [0.2, 0.25) is 0 Å². The second-order valence-corrected chi connectivity index (χ2v) is 7.51. The van der Waals surface area contributed by atoms with Crippen molar-refractivity contribution >= 4 is 5.91 Å². The van der Waals surface area contributed by atoms with Gasteiger partial charge in [0.1, 0.15) is 0 Å². The van der Waals surface area contributed by atoms with Crippen LogP contribution in [-0.2, 0) is 4.74 Å². The molecular weight excluding hydrogens is 338 g/mol. The molecule has 1 amide bonds. The summed E-state index contributed by atoms with van der Waals surface area (Å²) in [6.07, 6.45) is 4.22. The molecule has 0 radical (unpaired) electrons. The van der Waals surface area contributed by atoms with E-state index < -0.39 is 0 Å². The van der Waals surface area contributed by atoms with Gasteiger partial charge in [0.15, 0.2) is 0 Å². The Kier molecular flexibility index (Phi) is 6.56. The third-order valence-corrected chi connectivity index (χ3v) is 5.25. The van der Waals surface area contributed by atoms with Crippen molar-refractivity contribution in [2.45, 2.75) is 51.5 Å². The Labute approximate surface area is 161 Å². The van der Waals surface area contributed by atoms with Gasteiger partial charge in [-0.3, -0.25) is 4.79 Å². The molecule has 0 unspecified atom stereocenters. The summed E-state index contributed by atoms with van der Waals surface area (Å²) in [6, 6.07) is 12.0. The van der Waals surface area contributed by atoms with E-state index in [0.29, 0.717) is 12.5 Å². The quantitative estimate of drug-likeness (QED) is 0.764. The lowest BCUT2D eigenvalue weighted by atomic mass is 9.98. The number of hydrogen-bond donors (Lipinski definition) is 0. The fourth-order valence-electron chi connectivity index (χ4n) is 3.58. The first-order chi connectivity index (χ1) is 13.1. The second kappa shape index (κ2) is 9.09. The molecule has 3 rings (SSSR count). The number of benzene rings is 1. The molecule has 0 saturated carbocycles. The van der Waals surface area contributed by atoms with Crippen LogP contribution in [0.1, 0.15) is 61.5 Å². The average molecular weight is 367 g/mol. The van der Waals surface area contributed by atoms with Crippen molar-refractivity contribution in [2.24, 2.45) is 0 Å². The van der Waals surface area contributed by atoms with Crippen LogP contribution in [0.3, 0.4) is 0 Å². The number of likely N-dealkylation sites (tertiary alicyclic amines) is 1. The maximum absolute atomic E-state index is 13.0. The van der Waals surface area contributed by atoms with Crippen molar-refractivity contribution in [3.8, 4) is 11.3 Å². The molecule has 0 N–H and O–H groups in total. The Morgan fingerprint density at radius 2 is 1.93 bits per heavy atom. The summed E-state index contributed by atoms with van der Waals surface area (Å²) in [5, 5.41) is 8.61. The Hall–Kier alpha value is -2.27. The van der Waals surface area contributed by atoms with Crippen LogP contribution in [0, 0.1) is 0 Å². The van der Waals surface area contributed by atoms with Gasteiger partial charge in [-0.2, -0.15) is 10.2 Å². The molecule has 2 heterocycles. The minimum atomic E-state index is 0.114. The fourth-order valence-corrected chi connectivity index (χ4v) is 3.58. The van der Waals surface area contributed by atoms with Gasteiger partial charge in [0.2, 0.25) is 0 Å². The lowest BCUT2D eigenvalue weighted by Gasteiger charge is -2.36. The highest BCUT2D eigenvalue weighted by molar-refractivity contribution is 5.95. The lowest BCUT2D eigenvalue weighted by molar-refractivity contribution is 0.0553. The SMILES string of the molecule is COCC[C@@H]1CCCCN1C(=O)c1ccc(-c2ccc(C(C)C)nn2)cc1. The summed E-state index contributed by atoms with van der Waals surface area (Å²) < 4.78 is 5.22. The van der Waals surface area contributed by atoms with Gasteiger partial charge in [0.25, 0.3) is 5.91 Å². The zero-order valence-corrected chi connectivity index (χ0v) is 16.5. The molecule has 27 heavy (non-hydrogen) atoms. The maximum Gasteiger partial charge on any atom is 0.254 e. The van der Waals surface area contributed by atoms with E-state index in [-0.39, 0.29) is 11.9 Å². The number of methoxy groups -OCH3 is 1. The van der Waals surface area contributed by atoms with Crippen LogP contribution in [0.5, 0.6) is 0 Å². The molecule has 1 atom stereocenters. The van der Waals surface area contributed by atoms with Crippen LogP contribution >= 0.6 is 0 Å². The Bertz CT molecular complexity index is 741. The van der Waals surface area contributed by atoms with E-state index in [9.17, 15) is 4.79 Å². The summed E-state index contributed by atoms with van der Waals surface area (Å²) in [4.78, 5) is 15.0. The van der Waals surface area contributed by atoms with Crippen LogP contribution in [0.15, 0.2) is 36.4 Å². The molecular formula is C22H29N3O2. The number of carbonyl (C=O) groups excluding carboxylic acids is 1. The van der Waals surface area contributed by atoms with Crippen molar-refractivity contribution in [3.63, 3.8) is 0 Å². The van der Waals surface area contributed by atoms with Crippen molar-refractivity contribution < 1.29 is 9.53 Å². The summed E-state index contributed by atoms with van der Waals surface area (Å²) in [5.41, 5.74) is 3.52. The Morgan fingerprint density at radius 3 is 2.56 bits per heavy atom. The molecule has 1 aromatic heterocycles. The van der Waals surface area contributed by atoms with Crippen molar-refractivity contribution in [1.82, 2.24) is 15.1 Å². The minimum absolute atomic E-state index is 0.114. The normalized spacial score (nSPS) is 17.3. The molecule has 5 nitrogen and oxygen atoms in total. The number of ether oxygens (including phenoxy) is 1. The van der Waals surface area contributed by atoms with Crippen molar-refractivity contribution in [3.05, 3.63) is 47.7 Å². The molecule has 5 heteroatoms. The van der Waals surface area contributed by atoms with Gasteiger partial charge in [-0.1, -0.05) is 26.0 Å². The van der Waals surface area contributed by atoms with E-state index in [4.69, 9.17) is 4.74 Å². The summed E-state index contributed by atoms with van der Waals surface area (Å²) in [5.74, 6) is 0.478. The highest BCUT2D eigenvalue weighted by atomic mass is 16.5. The summed E-state index contributed by atoms with van der Waals surface area (Å²) in [7, 11) is 1.71. The number of amides is 1. The zero-order chi connectivity index (χ0) is 19.2. The molecule has 1 aliphatic heterocycles. The summed E-state index contributed by atoms with van der Waals surface area (Å²) in [6.45, 7) is 5.73. The van der Waals surface area contributed by atoms with Crippen LogP contribution in [-0.4, -0.2) is 47.3 Å². The van der Waals surface area contributed by atoms with Crippen LogP contribution in [0.4, 0.5) is 0 Å². The third kappa shape index (κ3) is 4.72. The minimum Gasteiger partial charge on any atom is -0.385 e. The first-order valence-corrected chi connectivity index (χ1v) is 9.84. The lowest BCUT2D eigenvalue weighted by Crippen LogP contribution is -2.44. The average Bonchev–Trinajstić information content (AvgIpc) is 2.72. The fraction of sp³-hybridized carbons (Fsp3) is 0.500. The van der Waals surface area contributed by atoms with Crippen LogP contribution in [0.25, 0.3) is 11.3 Å². The largest absolute Gasteiger partial charge is 0.385 e. The van der Waals surface area contributed by atoms with Gasteiger partial charge in [0, 0.05) is 37.4 Å². The van der Waals surface area contributed by atoms with Crippen molar-refractivity contribution in [2.75, 3.05) is 20.3 Å².